The third kappa shape index (κ3) is 3.91. The summed E-state index contributed by atoms with van der Waals surface area (Å²) >= 11 is -1.93. The van der Waals surface area contributed by atoms with E-state index < -0.39 is 35.1 Å². The molecule has 5 nitrogen and oxygen atoms in total. The summed E-state index contributed by atoms with van der Waals surface area (Å²) < 4.78 is 24.9. The van der Waals surface area contributed by atoms with Crippen molar-refractivity contribution in [3.63, 3.8) is 0 Å². The van der Waals surface area contributed by atoms with Gasteiger partial charge in [0.05, 0.1) is 0 Å². The minimum Gasteiger partial charge on any atom is -0.443 e. The Kier molecular flexibility index (Phi) is 4.92. The molecule has 1 amide bonds. The maximum atomic E-state index is 12.7. The van der Waals surface area contributed by atoms with Crippen molar-refractivity contribution in [3.8, 4) is 0 Å². The molecule has 0 spiro atoms. The Morgan fingerprint density at radius 1 is 1.00 bits per heavy atom. The van der Waals surface area contributed by atoms with Crippen LogP contribution in [0.3, 0.4) is 0 Å². The van der Waals surface area contributed by atoms with E-state index in [-0.39, 0.29) is 0 Å². The molecule has 0 radical (unpaired) electrons. The van der Waals surface area contributed by atoms with E-state index in [0.717, 1.165) is 11.1 Å². The first-order chi connectivity index (χ1) is 11.9. The second-order valence-electron chi connectivity index (χ2n) is 6.81. The predicted molar refractivity (Wildman–Crippen MR) is 95.7 cm³/mol. The molecule has 3 atom stereocenters. The molecule has 1 saturated heterocycles. The van der Waals surface area contributed by atoms with Crippen LogP contribution in [-0.4, -0.2) is 20.2 Å². The number of nitrogens with zero attached hydrogens (tertiary/aromatic N) is 1. The van der Waals surface area contributed by atoms with Gasteiger partial charge in [0.15, 0.2) is 0 Å². The molecule has 0 aliphatic carbocycles. The fourth-order valence-electron chi connectivity index (χ4n) is 2.73. The van der Waals surface area contributed by atoms with Crippen LogP contribution in [0.5, 0.6) is 0 Å². The number of carbonyl (C=O) groups excluding carboxylic acids is 1. The van der Waals surface area contributed by atoms with Crippen LogP contribution >= 0.6 is 0 Å². The van der Waals surface area contributed by atoms with Crippen molar-refractivity contribution in [2.24, 2.45) is 0 Å². The molecule has 0 bridgehead atoms. The molecule has 1 aliphatic heterocycles. The normalized spacial score (nSPS) is 23.5. The Morgan fingerprint density at radius 2 is 1.52 bits per heavy atom. The number of hydrogen-bond acceptors (Lipinski definition) is 4. The Hall–Kier alpha value is -2.18. The summed E-state index contributed by atoms with van der Waals surface area (Å²) in [6.45, 7) is 5.32. The van der Waals surface area contributed by atoms with Crippen LogP contribution in [0.2, 0.25) is 0 Å². The van der Waals surface area contributed by atoms with Crippen molar-refractivity contribution in [3.05, 3.63) is 71.8 Å². The highest BCUT2D eigenvalue weighted by Gasteiger charge is 2.47. The molecule has 6 heteroatoms. The zero-order valence-electron chi connectivity index (χ0n) is 14.4. The van der Waals surface area contributed by atoms with Gasteiger partial charge in [-0.1, -0.05) is 60.7 Å². The van der Waals surface area contributed by atoms with Gasteiger partial charge in [-0.2, -0.15) is 4.31 Å². The van der Waals surface area contributed by atoms with Crippen molar-refractivity contribution < 1.29 is 17.9 Å². The number of rotatable bonds is 2. The third-order valence-electron chi connectivity index (χ3n) is 3.73. The topological polar surface area (TPSA) is 55.8 Å². The smallest absolute Gasteiger partial charge is 0.424 e. The molecular weight excluding hydrogens is 338 g/mol. The Labute approximate surface area is 150 Å². The Balaban J connectivity index is 2.01. The average Bonchev–Trinajstić information content (AvgIpc) is 2.92. The van der Waals surface area contributed by atoms with Gasteiger partial charge < -0.3 is 4.74 Å². The molecule has 25 heavy (non-hydrogen) atoms. The first-order valence-electron chi connectivity index (χ1n) is 8.08. The molecule has 0 unspecified atom stereocenters. The second-order valence-corrected chi connectivity index (χ2v) is 7.83. The van der Waals surface area contributed by atoms with Gasteiger partial charge in [0.25, 0.3) is 11.3 Å². The number of ether oxygens (including phenoxy) is 1. The van der Waals surface area contributed by atoms with Crippen molar-refractivity contribution in [2.45, 2.75) is 38.5 Å². The molecule has 0 N–H and O–H groups in total. The molecule has 2 aromatic carbocycles. The number of benzene rings is 2. The van der Waals surface area contributed by atoms with Crippen molar-refractivity contribution in [1.29, 1.82) is 0 Å². The summed E-state index contributed by atoms with van der Waals surface area (Å²) in [5, 5.41) is 0. The molecule has 3 rings (SSSR count). The van der Waals surface area contributed by atoms with Gasteiger partial charge in [-0.05, 0) is 31.9 Å². The molecule has 1 aliphatic rings. The molecule has 0 aromatic heterocycles. The molecule has 1 fully saturated rings. The van der Waals surface area contributed by atoms with Gasteiger partial charge in [0.2, 0.25) is 0 Å². The summed E-state index contributed by atoms with van der Waals surface area (Å²) in [5.41, 5.74) is 1.01. The van der Waals surface area contributed by atoms with E-state index in [0.29, 0.717) is 0 Å². The van der Waals surface area contributed by atoms with E-state index in [9.17, 15) is 9.00 Å². The first kappa shape index (κ1) is 17.6. The largest absolute Gasteiger partial charge is 0.443 e. The van der Waals surface area contributed by atoms with Gasteiger partial charge in [-0.15, -0.1) is 0 Å². The van der Waals surface area contributed by atoms with Crippen LogP contribution in [0.25, 0.3) is 0 Å². The quantitative estimate of drug-likeness (QED) is 0.801. The van der Waals surface area contributed by atoms with Crippen LogP contribution in [0.1, 0.15) is 44.0 Å². The first-order valence-corrected chi connectivity index (χ1v) is 9.11. The number of hydrogen-bond donors (Lipinski definition) is 0. The highest BCUT2D eigenvalue weighted by atomic mass is 32.2. The van der Waals surface area contributed by atoms with Gasteiger partial charge in [-0.25, -0.2) is 9.00 Å². The van der Waals surface area contributed by atoms with E-state index in [1.54, 1.807) is 20.8 Å². The molecule has 1 heterocycles. The molecule has 0 saturated carbocycles. The van der Waals surface area contributed by atoms with E-state index in [1.165, 1.54) is 4.31 Å². The lowest BCUT2D eigenvalue weighted by atomic mass is 9.96. The monoisotopic (exact) mass is 359 g/mol. The molecule has 132 valence electrons. The maximum Gasteiger partial charge on any atom is 0.424 e. The van der Waals surface area contributed by atoms with Crippen molar-refractivity contribution in [2.75, 3.05) is 0 Å². The third-order valence-corrected chi connectivity index (χ3v) is 4.80. The highest BCUT2D eigenvalue weighted by Crippen LogP contribution is 2.44. The van der Waals surface area contributed by atoms with E-state index in [1.807, 2.05) is 60.7 Å². The van der Waals surface area contributed by atoms with Crippen LogP contribution in [0.15, 0.2) is 60.7 Å². The average molecular weight is 359 g/mol. The van der Waals surface area contributed by atoms with Crippen LogP contribution in [0.4, 0.5) is 4.79 Å². The minimum atomic E-state index is -1.93. The van der Waals surface area contributed by atoms with Crippen molar-refractivity contribution in [1.82, 2.24) is 4.31 Å². The predicted octanol–water partition coefficient (Wildman–Crippen LogP) is 4.32. The summed E-state index contributed by atoms with van der Waals surface area (Å²) in [4.78, 5) is 12.7. The van der Waals surface area contributed by atoms with Crippen LogP contribution < -0.4 is 0 Å². The van der Waals surface area contributed by atoms with Crippen molar-refractivity contribution >= 4 is 17.4 Å². The highest BCUT2D eigenvalue weighted by molar-refractivity contribution is 7.78. The maximum absolute atomic E-state index is 12.7. The Bertz CT molecular complexity index is 758. The second kappa shape index (κ2) is 6.98. The molecular formula is C19H21NO4S. The lowest BCUT2D eigenvalue weighted by molar-refractivity contribution is 0.0336. The summed E-state index contributed by atoms with van der Waals surface area (Å²) in [6, 6.07) is 18.4. The SMILES string of the molecule is CC(C)(C)OC(=O)N1[C@@H](c2ccccc2)[C@@H](c2ccccc2)O[S@@]1=O. The lowest BCUT2D eigenvalue weighted by Gasteiger charge is -2.27. The fourth-order valence-corrected chi connectivity index (χ4v) is 3.79. The van der Waals surface area contributed by atoms with Gasteiger partial charge in [-0.3, -0.25) is 4.18 Å². The van der Waals surface area contributed by atoms with E-state index in [2.05, 4.69) is 0 Å². The van der Waals surface area contributed by atoms with Gasteiger partial charge >= 0.3 is 6.09 Å². The number of amides is 1. The van der Waals surface area contributed by atoms with E-state index >= 15 is 0 Å². The van der Waals surface area contributed by atoms with Crippen LogP contribution in [0, 0.1) is 0 Å². The van der Waals surface area contributed by atoms with Gasteiger partial charge in [0, 0.05) is 0 Å². The zero-order valence-corrected chi connectivity index (χ0v) is 15.2. The van der Waals surface area contributed by atoms with E-state index in [4.69, 9.17) is 8.92 Å². The van der Waals surface area contributed by atoms with Gasteiger partial charge in [0.1, 0.15) is 17.7 Å². The number of carbonyl (C=O) groups is 1. The minimum absolute atomic E-state index is 0.528. The fraction of sp³-hybridized carbons (Fsp3) is 0.316. The zero-order chi connectivity index (χ0) is 18.0. The standard InChI is InChI=1S/C19H21NO4S/c1-19(2,3)23-18(21)20-16(14-10-6-4-7-11-14)17(24-25(20)22)15-12-8-5-9-13-15/h4-13,16-17H,1-3H3/t16-,17+,25-/m0/s1. The Morgan fingerprint density at radius 3 is 2.04 bits per heavy atom. The van der Waals surface area contributed by atoms with Crippen LogP contribution in [-0.2, 0) is 20.2 Å². The molecule has 2 aromatic rings. The lowest BCUT2D eigenvalue weighted by Crippen LogP contribution is -2.37. The summed E-state index contributed by atoms with van der Waals surface area (Å²) in [6.07, 6.45) is -1.19. The summed E-state index contributed by atoms with van der Waals surface area (Å²) in [5.74, 6) is 0. The summed E-state index contributed by atoms with van der Waals surface area (Å²) in [7, 11) is 0.